The van der Waals surface area contributed by atoms with Gasteiger partial charge in [0.1, 0.15) is 0 Å². The van der Waals surface area contributed by atoms with E-state index in [1.807, 2.05) is 56.3 Å². The molecule has 2 aromatic rings. The Kier molecular flexibility index (Phi) is 3.61. The lowest BCUT2D eigenvalue weighted by Crippen LogP contribution is -2.07. The summed E-state index contributed by atoms with van der Waals surface area (Å²) < 4.78 is 0. The van der Waals surface area contributed by atoms with Gasteiger partial charge in [-0.3, -0.25) is 4.79 Å². The van der Waals surface area contributed by atoms with Gasteiger partial charge < -0.3 is 0 Å². The van der Waals surface area contributed by atoms with Gasteiger partial charge in [0.2, 0.25) is 0 Å². The Morgan fingerprint density at radius 3 is 2.33 bits per heavy atom. The van der Waals surface area contributed by atoms with E-state index in [4.69, 9.17) is 0 Å². The number of benzene rings is 2. The number of hydrogen-bond donors (Lipinski definition) is 0. The van der Waals surface area contributed by atoms with Crippen LogP contribution in [0.4, 0.5) is 0 Å². The Bertz CT molecular complexity index is 582. The molecule has 0 N–H and O–H groups in total. The topological polar surface area (TPSA) is 17.1 Å². The smallest absolute Gasteiger partial charge is 0.193 e. The summed E-state index contributed by atoms with van der Waals surface area (Å²) in [5.41, 5.74) is 5.00. The summed E-state index contributed by atoms with van der Waals surface area (Å²) in [5.74, 6) is 0.133. The summed E-state index contributed by atoms with van der Waals surface area (Å²) in [7, 11) is 0. The van der Waals surface area contributed by atoms with Crippen molar-refractivity contribution in [3.05, 3.63) is 70.3 Å². The Balaban J connectivity index is 2.52. The second-order valence-electron chi connectivity index (χ2n) is 4.59. The van der Waals surface area contributed by atoms with Gasteiger partial charge in [-0.15, -0.1) is 0 Å². The van der Waals surface area contributed by atoms with E-state index >= 15 is 0 Å². The van der Waals surface area contributed by atoms with Crippen LogP contribution in [0.2, 0.25) is 0 Å². The van der Waals surface area contributed by atoms with Gasteiger partial charge in [0.05, 0.1) is 0 Å². The summed E-state index contributed by atoms with van der Waals surface area (Å²) >= 11 is 0. The maximum Gasteiger partial charge on any atom is 0.193 e. The highest BCUT2D eigenvalue weighted by molar-refractivity contribution is 6.10. The first-order valence-corrected chi connectivity index (χ1v) is 6.34. The maximum absolute atomic E-state index is 12.6. The van der Waals surface area contributed by atoms with Crippen LogP contribution >= 0.6 is 0 Å². The molecule has 2 rings (SSSR count). The first-order valence-electron chi connectivity index (χ1n) is 6.34. The van der Waals surface area contributed by atoms with Crippen LogP contribution in [0.1, 0.15) is 39.5 Å². The van der Waals surface area contributed by atoms with Crippen LogP contribution in [-0.4, -0.2) is 5.78 Å². The average molecular weight is 238 g/mol. The quantitative estimate of drug-likeness (QED) is 0.736. The molecular weight excluding hydrogens is 220 g/mol. The minimum absolute atomic E-state index is 0.133. The van der Waals surface area contributed by atoms with Crippen molar-refractivity contribution in [3.63, 3.8) is 0 Å². The third kappa shape index (κ3) is 2.21. The molecule has 0 aliphatic rings. The van der Waals surface area contributed by atoms with Crippen LogP contribution in [-0.2, 0) is 6.42 Å². The van der Waals surface area contributed by atoms with Gasteiger partial charge in [0, 0.05) is 11.1 Å². The van der Waals surface area contributed by atoms with Crippen molar-refractivity contribution in [2.45, 2.75) is 27.2 Å². The second kappa shape index (κ2) is 5.18. The number of aryl methyl sites for hydroxylation is 2. The van der Waals surface area contributed by atoms with Crippen molar-refractivity contribution in [1.82, 2.24) is 0 Å². The molecule has 92 valence electrons. The fraction of sp³-hybridized carbons (Fsp3) is 0.235. The largest absolute Gasteiger partial charge is 0.289 e. The number of ketones is 1. The average Bonchev–Trinajstić information content (AvgIpc) is 2.41. The monoisotopic (exact) mass is 238 g/mol. The minimum Gasteiger partial charge on any atom is -0.289 e. The highest BCUT2D eigenvalue weighted by Crippen LogP contribution is 2.19. The van der Waals surface area contributed by atoms with E-state index in [9.17, 15) is 4.79 Å². The van der Waals surface area contributed by atoms with E-state index in [-0.39, 0.29) is 5.78 Å². The first-order chi connectivity index (χ1) is 8.65. The van der Waals surface area contributed by atoms with Gasteiger partial charge >= 0.3 is 0 Å². The zero-order valence-corrected chi connectivity index (χ0v) is 11.2. The molecule has 0 saturated carbocycles. The van der Waals surface area contributed by atoms with Crippen molar-refractivity contribution < 1.29 is 4.79 Å². The van der Waals surface area contributed by atoms with Crippen molar-refractivity contribution in [2.75, 3.05) is 0 Å². The number of carbonyl (C=O) groups excluding carboxylic acids is 1. The molecule has 0 aliphatic heterocycles. The normalized spacial score (nSPS) is 10.4. The predicted molar refractivity (Wildman–Crippen MR) is 75.2 cm³/mol. The molecule has 0 fully saturated rings. The molecule has 0 aromatic heterocycles. The van der Waals surface area contributed by atoms with Crippen LogP contribution in [0.3, 0.4) is 0 Å². The van der Waals surface area contributed by atoms with Crippen molar-refractivity contribution in [1.29, 1.82) is 0 Å². The molecule has 0 atom stereocenters. The van der Waals surface area contributed by atoms with Crippen LogP contribution in [0.5, 0.6) is 0 Å². The second-order valence-corrected chi connectivity index (χ2v) is 4.59. The van der Waals surface area contributed by atoms with Crippen LogP contribution < -0.4 is 0 Å². The Labute approximate surface area is 108 Å². The number of carbonyl (C=O) groups is 1. The third-order valence-corrected chi connectivity index (χ3v) is 3.49. The van der Waals surface area contributed by atoms with Crippen LogP contribution in [0.15, 0.2) is 42.5 Å². The lowest BCUT2D eigenvalue weighted by atomic mass is 9.93. The molecule has 0 spiro atoms. The molecule has 1 heteroatoms. The maximum atomic E-state index is 12.6. The molecular formula is C17H18O. The van der Waals surface area contributed by atoms with Gasteiger partial charge in [-0.05, 0) is 37.0 Å². The highest BCUT2D eigenvalue weighted by atomic mass is 16.1. The zero-order chi connectivity index (χ0) is 13.1. The molecule has 0 aliphatic carbocycles. The first kappa shape index (κ1) is 12.6. The van der Waals surface area contributed by atoms with Crippen molar-refractivity contribution in [2.24, 2.45) is 0 Å². The van der Waals surface area contributed by atoms with E-state index in [2.05, 4.69) is 6.92 Å². The summed E-state index contributed by atoms with van der Waals surface area (Å²) in [5, 5.41) is 0. The molecule has 0 saturated heterocycles. The fourth-order valence-corrected chi connectivity index (χ4v) is 2.19. The molecule has 18 heavy (non-hydrogen) atoms. The van der Waals surface area contributed by atoms with Crippen LogP contribution in [0, 0.1) is 13.8 Å². The molecule has 0 radical (unpaired) electrons. The molecule has 0 bridgehead atoms. The highest BCUT2D eigenvalue weighted by Gasteiger charge is 2.14. The zero-order valence-electron chi connectivity index (χ0n) is 11.2. The van der Waals surface area contributed by atoms with E-state index in [1.165, 1.54) is 0 Å². The molecule has 0 amide bonds. The van der Waals surface area contributed by atoms with Crippen molar-refractivity contribution >= 4 is 5.78 Å². The Morgan fingerprint density at radius 2 is 1.61 bits per heavy atom. The van der Waals surface area contributed by atoms with E-state index in [0.29, 0.717) is 0 Å². The molecule has 0 heterocycles. The summed E-state index contributed by atoms with van der Waals surface area (Å²) in [6.07, 6.45) is 0.882. The van der Waals surface area contributed by atoms with Gasteiger partial charge in [-0.1, -0.05) is 49.4 Å². The number of hydrogen-bond acceptors (Lipinski definition) is 1. The summed E-state index contributed by atoms with van der Waals surface area (Å²) in [4.78, 5) is 12.6. The Hall–Kier alpha value is -1.89. The lowest BCUT2D eigenvalue weighted by Gasteiger charge is -2.10. The standard InChI is InChI=1S/C17H18O/c1-4-14-9-5-6-10-16(14)17(18)15-11-7-8-12(2)13(15)3/h5-11H,4H2,1-3H3. The number of rotatable bonds is 3. The molecule has 1 nitrogen and oxygen atoms in total. The molecule has 2 aromatic carbocycles. The van der Waals surface area contributed by atoms with Gasteiger partial charge in [-0.2, -0.15) is 0 Å². The predicted octanol–water partition coefficient (Wildman–Crippen LogP) is 4.10. The van der Waals surface area contributed by atoms with Gasteiger partial charge in [0.15, 0.2) is 5.78 Å². The van der Waals surface area contributed by atoms with E-state index in [0.717, 1.165) is 34.2 Å². The lowest BCUT2D eigenvalue weighted by molar-refractivity contribution is 0.103. The minimum atomic E-state index is 0.133. The van der Waals surface area contributed by atoms with Crippen molar-refractivity contribution in [3.8, 4) is 0 Å². The third-order valence-electron chi connectivity index (χ3n) is 3.49. The van der Waals surface area contributed by atoms with Crippen LogP contribution in [0.25, 0.3) is 0 Å². The van der Waals surface area contributed by atoms with Gasteiger partial charge in [0.25, 0.3) is 0 Å². The summed E-state index contributed by atoms with van der Waals surface area (Å²) in [6, 6.07) is 13.8. The molecule has 0 unspecified atom stereocenters. The fourth-order valence-electron chi connectivity index (χ4n) is 2.19. The Morgan fingerprint density at radius 1 is 0.944 bits per heavy atom. The van der Waals surface area contributed by atoms with E-state index in [1.54, 1.807) is 0 Å². The van der Waals surface area contributed by atoms with Gasteiger partial charge in [-0.25, -0.2) is 0 Å². The SMILES string of the molecule is CCc1ccccc1C(=O)c1cccc(C)c1C. The van der Waals surface area contributed by atoms with E-state index < -0.39 is 0 Å². The summed E-state index contributed by atoms with van der Waals surface area (Å²) in [6.45, 7) is 6.13.